The predicted octanol–water partition coefficient (Wildman–Crippen LogP) is 0.840. The van der Waals surface area contributed by atoms with Gasteiger partial charge in [0.15, 0.2) is 0 Å². The Hall–Kier alpha value is -1.32. The number of hydrogen-bond donors (Lipinski definition) is 2. The molecule has 4 nitrogen and oxygen atoms in total. The van der Waals surface area contributed by atoms with Crippen LogP contribution in [0.3, 0.4) is 0 Å². The predicted molar refractivity (Wildman–Crippen MR) is 50.0 cm³/mol. The SMILES string of the molecule is O=C(O)[C@H]1C2C3C=CC(C3)C2[C@@H]1C(=O)O. The Labute approximate surface area is 86.6 Å². The van der Waals surface area contributed by atoms with E-state index in [1.54, 1.807) is 0 Å². The van der Waals surface area contributed by atoms with E-state index in [1.807, 2.05) is 0 Å². The van der Waals surface area contributed by atoms with Crippen molar-refractivity contribution in [3.63, 3.8) is 0 Å². The Balaban J connectivity index is 1.94. The van der Waals surface area contributed by atoms with Crippen LogP contribution in [0.2, 0.25) is 0 Å². The van der Waals surface area contributed by atoms with Crippen LogP contribution in [0, 0.1) is 35.5 Å². The lowest BCUT2D eigenvalue weighted by Gasteiger charge is -2.48. The maximum atomic E-state index is 11.0. The Bertz CT molecular complexity index is 339. The van der Waals surface area contributed by atoms with Crippen molar-refractivity contribution in [3.05, 3.63) is 12.2 Å². The molecular weight excluding hydrogens is 196 g/mol. The van der Waals surface area contributed by atoms with Gasteiger partial charge in [-0.3, -0.25) is 9.59 Å². The third kappa shape index (κ3) is 0.919. The zero-order valence-electron chi connectivity index (χ0n) is 8.04. The van der Waals surface area contributed by atoms with E-state index in [-0.39, 0.29) is 11.8 Å². The number of fused-ring (bicyclic) bond motifs is 5. The largest absolute Gasteiger partial charge is 0.481 e. The molecule has 4 unspecified atom stereocenters. The van der Waals surface area contributed by atoms with Gasteiger partial charge < -0.3 is 10.2 Å². The highest BCUT2D eigenvalue weighted by atomic mass is 16.4. The fourth-order valence-corrected chi connectivity index (χ4v) is 3.88. The summed E-state index contributed by atoms with van der Waals surface area (Å²) in [6, 6.07) is 0. The lowest BCUT2D eigenvalue weighted by Crippen LogP contribution is -2.55. The summed E-state index contributed by atoms with van der Waals surface area (Å²) in [4.78, 5) is 22.1. The monoisotopic (exact) mass is 208 g/mol. The van der Waals surface area contributed by atoms with Gasteiger partial charge in [-0.15, -0.1) is 0 Å². The van der Waals surface area contributed by atoms with Crippen molar-refractivity contribution in [1.29, 1.82) is 0 Å². The molecule has 2 fully saturated rings. The van der Waals surface area contributed by atoms with E-state index in [0.717, 1.165) is 6.42 Å². The molecule has 2 bridgehead atoms. The highest BCUT2D eigenvalue weighted by Crippen LogP contribution is 2.63. The molecule has 0 aromatic rings. The van der Waals surface area contributed by atoms with E-state index in [9.17, 15) is 9.59 Å². The number of rotatable bonds is 2. The molecule has 0 aromatic heterocycles. The van der Waals surface area contributed by atoms with Crippen LogP contribution in [0.1, 0.15) is 6.42 Å². The molecular formula is C11H12O4. The number of hydrogen-bond acceptors (Lipinski definition) is 2. The van der Waals surface area contributed by atoms with Crippen molar-refractivity contribution >= 4 is 11.9 Å². The van der Waals surface area contributed by atoms with Gasteiger partial charge >= 0.3 is 11.9 Å². The fourth-order valence-electron chi connectivity index (χ4n) is 3.88. The molecule has 3 aliphatic rings. The Morgan fingerprint density at radius 2 is 1.33 bits per heavy atom. The van der Waals surface area contributed by atoms with Gasteiger partial charge in [0.05, 0.1) is 11.8 Å². The standard InChI is InChI=1S/C11H12O4/c12-10(13)8-6-4-1-2-5(3-4)7(6)9(8)11(14)15/h1-2,4-9H,3H2,(H,12,13)(H,14,15)/t4?,5?,6?,7?,8-,9-/m0/s1. The fraction of sp³-hybridized carbons (Fsp3) is 0.636. The number of carbonyl (C=O) groups is 2. The van der Waals surface area contributed by atoms with E-state index >= 15 is 0 Å². The first-order valence-electron chi connectivity index (χ1n) is 5.25. The third-order valence-corrected chi connectivity index (χ3v) is 4.37. The molecule has 3 rings (SSSR count). The normalized spacial score (nSPS) is 49.9. The highest BCUT2D eigenvalue weighted by Gasteiger charge is 2.66. The van der Waals surface area contributed by atoms with E-state index in [1.165, 1.54) is 0 Å². The Morgan fingerprint density at radius 1 is 0.933 bits per heavy atom. The van der Waals surface area contributed by atoms with E-state index < -0.39 is 23.8 Å². The number of aliphatic carboxylic acids is 2. The minimum absolute atomic E-state index is 0.0820. The van der Waals surface area contributed by atoms with E-state index in [2.05, 4.69) is 12.2 Å². The third-order valence-electron chi connectivity index (χ3n) is 4.37. The summed E-state index contributed by atoms with van der Waals surface area (Å²) in [5.41, 5.74) is 0. The molecule has 0 aliphatic heterocycles. The number of allylic oxidation sites excluding steroid dienone is 2. The lowest BCUT2D eigenvalue weighted by molar-refractivity contribution is -0.175. The topological polar surface area (TPSA) is 74.6 Å². The van der Waals surface area contributed by atoms with Gasteiger partial charge in [-0.2, -0.15) is 0 Å². The van der Waals surface area contributed by atoms with Gasteiger partial charge in [-0.1, -0.05) is 12.2 Å². The summed E-state index contributed by atoms with van der Waals surface area (Å²) in [5, 5.41) is 18.1. The maximum Gasteiger partial charge on any atom is 0.307 e. The highest BCUT2D eigenvalue weighted by molar-refractivity contribution is 5.83. The van der Waals surface area contributed by atoms with Crippen LogP contribution < -0.4 is 0 Å². The summed E-state index contributed by atoms with van der Waals surface area (Å²) in [7, 11) is 0. The minimum Gasteiger partial charge on any atom is -0.481 e. The molecule has 15 heavy (non-hydrogen) atoms. The maximum absolute atomic E-state index is 11.0. The summed E-state index contributed by atoms with van der Waals surface area (Å²) in [6.45, 7) is 0. The molecule has 80 valence electrons. The quantitative estimate of drug-likeness (QED) is 0.659. The van der Waals surface area contributed by atoms with E-state index in [4.69, 9.17) is 10.2 Å². The molecule has 0 heterocycles. The van der Waals surface area contributed by atoms with Crippen molar-refractivity contribution < 1.29 is 19.8 Å². The Morgan fingerprint density at radius 3 is 1.67 bits per heavy atom. The van der Waals surface area contributed by atoms with Gasteiger partial charge in [-0.25, -0.2) is 0 Å². The van der Waals surface area contributed by atoms with Gasteiger partial charge in [0.25, 0.3) is 0 Å². The van der Waals surface area contributed by atoms with Crippen LogP contribution in [0.25, 0.3) is 0 Å². The van der Waals surface area contributed by atoms with Crippen molar-refractivity contribution in [2.45, 2.75) is 6.42 Å². The first kappa shape index (κ1) is 8.95. The molecule has 6 atom stereocenters. The van der Waals surface area contributed by atoms with Crippen molar-refractivity contribution in [2.24, 2.45) is 35.5 Å². The van der Waals surface area contributed by atoms with Crippen LogP contribution in [0.4, 0.5) is 0 Å². The molecule has 3 aliphatic carbocycles. The molecule has 2 saturated carbocycles. The van der Waals surface area contributed by atoms with Crippen molar-refractivity contribution in [1.82, 2.24) is 0 Å². The molecule has 0 radical (unpaired) electrons. The molecule has 4 heteroatoms. The second-order valence-corrected chi connectivity index (χ2v) is 4.83. The van der Waals surface area contributed by atoms with Gasteiger partial charge in [0, 0.05) is 0 Å². The first-order valence-corrected chi connectivity index (χ1v) is 5.25. The van der Waals surface area contributed by atoms with Gasteiger partial charge in [0.2, 0.25) is 0 Å². The van der Waals surface area contributed by atoms with Crippen molar-refractivity contribution in [2.75, 3.05) is 0 Å². The summed E-state index contributed by atoms with van der Waals surface area (Å²) >= 11 is 0. The molecule has 0 aromatic carbocycles. The second-order valence-electron chi connectivity index (χ2n) is 4.83. The second kappa shape index (κ2) is 2.62. The van der Waals surface area contributed by atoms with E-state index in [0.29, 0.717) is 11.8 Å². The summed E-state index contributed by atoms with van der Waals surface area (Å²) in [5.74, 6) is -2.40. The molecule has 2 N–H and O–H groups in total. The smallest absolute Gasteiger partial charge is 0.307 e. The average Bonchev–Trinajstić information content (AvgIpc) is 2.58. The average molecular weight is 208 g/mol. The van der Waals surface area contributed by atoms with Crippen LogP contribution in [-0.2, 0) is 9.59 Å². The van der Waals surface area contributed by atoms with Crippen LogP contribution >= 0.6 is 0 Å². The molecule has 0 amide bonds. The molecule has 0 spiro atoms. The van der Waals surface area contributed by atoms with Crippen LogP contribution in [0.15, 0.2) is 12.2 Å². The summed E-state index contributed by atoms with van der Waals surface area (Å²) < 4.78 is 0. The van der Waals surface area contributed by atoms with Gasteiger partial charge in [0.1, 0.15) is 0 Å². The number of carboxylic acids is 2. The number of carboxylic acid groups (broad SMARTS) is 2. The first-order chi connectivity index (χ1) is 7.11. The minimum atomic E-state index is -0.940. The lowest BCUT2D eigenvalue weighted by atomic mass is 9.53. The molecule has 0 saturated heterocycles. The zero-order valence-corrected chi connectivity index (χ0v) is 8.04. The van der Waals surface area contributed by atoms with Crippen LogP contribution in [0.5, 0.6) is 0 Å². The van der Waals surface area contributed by atoms with Crippen molar-refractivity contribution in [3.8, 4) is 0 Å². The zero-order chi connectivity index (χ0) is 10.7. The Kier molecular flexibility index (Phi) is 1.56. The van der Waals surface area contributed by atoms with Crippen LogP contribution in [-0.4, -0.2) is 22.2 Å². The van der Waals surface area contributed by atoms with Gasteiger partial charge in [-0.05, 0) is 30.1 Å². The summed E-state index contributed by atoms with van der Waals surface area (Å²) in [6.07, 6.45) is 5.10.